The van der Waals surface area contributed by atoms with Crippen molar-refractivity contribution in [2.24, 2.45) is 0 Å². The van der Waals surface area contributed by atoms with Gasteiger partial charge in [0.15, 0.2) is 0 Å². The van der Waals surface area contributed by atoms with Crippen molar-refractivity contribution < 1.29 is 27.0 Å². The number of anilines is 5. The van der Waals surface area contributed by atoms with Crippen LogP contribution in [0.2, 0.25) is 0 Å². The summed E-state index contributed by atoms with van der Waals surface area (Å²) in [5, 5.41) is 9.63. The van der Waals surface area contributed by atoms with E-state index in [1.807, 2.05) is 103 Å². The summed E-state index contributed by atoms with van der Waals surface area (Å²) in [5.74, 6) is 0. The Labute approximate surface area is 695 Å². The van der Waals surface area contributed by atoms with E-state index >= 15 is 0 Å². The van der Waals surface area contributed by atoms with Gasteiger partial charge in [-0.15, -0.1) is 28.9 Å². The fraction of sp³-hybridized carbons (Fsp3) is 0.202. The molecule has 2 aliphatic heterocycles. The molecule has 0 amide bonds. The van der Waals surface area contributed by atoms with Crippen molar-refractivity contribution in [1.29, 1.82) is 5.26 Å². The summed E-state index contributed by atoms with van der Waals surface area (Å²) >= 11 is 5.77. The number of halogens is 6. The maximum atomic E-state index is 7.50. The molecular formula is C94H98Cl6N9Ru2-3. The molecule has 0 atom stereocenters. The molecule has 16 rings (SSSR count). The van der Waals surface area contributed by atoms with Gasteiger partial charge >= 0.3 is 240 Å². The number of hydrogen-bond donors (Lipinski definition) is 1. The number of aromatic nitrogens is 2. The molecule has 0 unspecified atom stereocenters. The van der Waals surface area contributed by atoms with Crippen LogP contribution in [-0.2, 0) is 27.0 Å². The predicted octanol–water partition coefficient (Wildman–Crippen LogP) is 26.4. The topological polar surface area (TPSA) is 112 Å². The molecule has 580 valence electrons. The van der Waals surface area contributed by atoms with E-state index in [0.717, 1.165) is 61.9 Å². The quantitative estimate of drug-likeness (QED) is 0.0758. The van der Waals surface area contributed by atoms with Crippen molar-refractivity contribution in [3.05, 3.63) is 362 Å². The van der Waals surface area contributed by atoms with Crippen LogP contribution >= 0.6 is 62.0 Å². The van der Waals surface area contributed by atoms with Gasteiger partial charge in [-0.1, -0.05) is 121 Å². The van der Waals surface area contributed by atoms with Gasteiger partial charge in [-0.2, -0.15) is 18.6 Å². The van der Waals surface area contributed by atoms with Gasteiger partial charge in [0.1, 0.15) is 0 Å². The Bertz CT molecular complexity index is 4820. The molecule has 4 heterocycles. The van der Waals surface area contributed by atoms with Crippen LogP contribution in [0.25, 0.3) is 38.7 Å². The zero-order chi connectivity index (χ0) is 79.3. The van der Waals surface area contributed by atoms with Gasteiger partial charge in [-0.05, 0) is 151 Å². The molecule has 17 heteroatoms. The average molecular weight is 1770 g/mol. The molecule has 0 spiro atoms. The third-order valence-electron chi connectivity index (χ3n) is 18.6. The molecule has 10 aromatic carbocycles. The van der Waals surface area contributed by atoms with Crippen molar-refractivity contribution >= 4 is 137 Å². The number of nitriles is 1. The summed E-state index contributed by atoms with van der Waals surface area (Å²) < 4.78 is 2.25. The van der Waals surface area contributed by atoms with E-state index in [-0.39, 0.29) is 12.8 Å². The Morgan fingerprint density at radius 1 is 0.405 bits per heavy atom. The molecule has 2 aliphatic carbocycles. The zero-order valence-corrected chi connectivity index (χ0v) is 72.5. The SMILES string of the molecule is C.CC#N.Cc1cc(C)c(N2[CH-]N(c3c(C)cc(C)cc3C)CC2)c(C)c1.Cc1cc(C)c(N2[CH-]N(c3c(C)cc(C)cc3C)CC2)c(C)c1.ClCCl.Nc1cccc2cccnc12.[Cl][Ru]([Cl])=[C]1C=C(c2ccccc2)c2ccccc21.[Cl][Ru]([Cl])=[C]1C=C(c2ccccc2)c2ccccc21.[NH-]c1cccc2cccnc12. The van der Waals surface area contributed by atoms with Crippen LogP contribution in [0.1, 0.15) is 114 Å². The minimum atomic E-state index is -1.88. The van der Waals surface area contributed by atoms with Crippen LogP contribution in [0.15, 0.2) is 243 Å². The molecular weight excluding hydrogens is 1670 g/mol. The van der Waals surface area contributed by atoms with Crippen LogP contribution in [0.5, 0.6) is 0 Å². The van der Waals surface area contributed by atoms with Crippen molar-refractivity contribution in [2.45, 2.75) is 97.4 Å². The summed E-state index contributed by atoms with van der Waals surface area (Å²) in [7, 11) is 24.8. The number of nitrogens with two attached hydrogens (primary N) is 1. The van der Waals surface area contributed by atoms with E-state index in [1.54, 1.807) is 24.5 Å². The molecule has 3 N–H and O–H groups in total. The van der Waals surface area contributed by atoms with E-state index in [2.05, 4.69) is 247 Å². The maximum Gasteiger partial charge on any atom is 0.0551 e. The number of benzene rings is 10. The van der Waals surface area contributed by atoms with E-state index < -0.39 is 27.0 Å². The van der Waals surface area contributed by atoms with Crippen molar-refractivity contribution in [1.82, 2.24) is 9.97 Å². The molecule has 4 aliphatic rings. The number of aryl methyl sites for hydroxylation is 12. The van der Waals surface area contributed by atoms with Crippen LogP contribution in [0, 0.1) is 108 Å². The first kappa shape index (κ1) is 88.1. The number of para-hydroxylation sites is 2. The number of rotatable bonds is 6. The van der Waals surface area contributed by atoms with Crippen molar-refractivity contribution in [3.8, 4) is 6.07 Å². The normalized spacial score (nSPS) is 13.0. The minimum Gasteiger partial charge on any atom is -0.697 e. The Morgan fingerprint density at radius 2 is 0.676 bits per heavy atom. The molecule has 9 nitrogen and oxygen atoms in total. The third kappa shape index (κ3) is 22.9. The smallest absolute Gasteiger partial charge is 0.0551 e. The zero-order valence-electron chi connectivity index (χ0n) is 64.5. The molecule has 0 radical (unpaired) electrons. The largest absolute Gasteiger partial charge is 0.697 e. The first-order valence-electron chi connectivity index (χ1n) is 36.0. The number of alkyl halides is 2. The Balaban J connectivity index is 0.000000167. The Kier molecular flexibility index (Phi) is 33.7. The Morgan fingerprint density at radius 3 is 0.973 bits per heavy atom. The summed E-state index contributed by atoms with van der Waals surface area (Å²) in [5.41, 5.74) is 47.5. The molecule has 2 fully saturated rings. The van der Waals surface area contributed by atoms with Crippen LogP contribution < -0.4 is 25.3 Å². The summed E-state index contributed by atoms with van der Waals surface area (Å²) in [6, 6.07) is 76.4. The fourth-order valence-corrected chi connectivity index (χ4v) is 19.7. The van der Waals surface area contributed by atoms with Crippen molar-refractivity contribution in [2.75, 3.05) is 56.9 Å². The average Bonchev–Trinajstić information content (AvgIpc) is 1.64. The summed E-state index contributed by atoms with van der Waals surface area (Å²) in [6.07, 6.45) is 7.76. The predicted molar refractivity (Wildman–Crippen MR) is 479 cm³/mol. The number of nitrogens with zero attached hydrogens (tertiary/aromatic N) is 7. The van der Waals surface area contributed by atoms with Gasteiger partial charge in [0.2, 0.25) is 0 Å². The van der Waals surface area contributed by atoms with E-state index in [0.29, 0.717) is 5.69 Å². The van der Waals surface area contributed by atoms with Gasteiger partial charge in [0.25, 0.3) is 0 Å². The number of hydrogen-bond acceptors (Lipinski definition) is 8. The summed E-state index contributed by atoms with van der Waals surface area (Å²) in [6.45, 7) is 36.6. The molecule has 0 saturated carbocycles. The fourth-order valence-electron chi connectivity index (χ4n) is 14.7. The first-order chi connectivity index (χ1) is 52.9. The van der Waals surface area contributed by atoms with Crippen LogP contribution in [0.3, 0.4) is 0 Å². The van der Waals surface area contributed by atoms with E-state index in [1.165, 1.54) is 141 Å². The van der Waals surface area contributed by atoms with E-state index in [9.17, 15) is 0 Å². The minimum absolute atomic E-state index is 0. The number of nitrogen functional groups attached to an aromatic ring is 1. The maximum absolute atomic E-state index is 7.50. The summed E-state index contributed by atoms with van der Waals surface area (Å²) in [4.78, 5) is 17.9. The molecule has 12 aromatic rings. The second kappa shape index (κ2) is 42.4. The van der Waals surface area contributed by atoms with Gasteiger partial charge in [-0.25, -0.2) is 0 Å². The van der Waals surface area contributed by atoms with Crippen LogP contribution in [0.4, 0.5) is 34.1 Å². The number of allylic oxidation sites excluding steroid dienone is 2. The monoisotopic (exact) mass is 1770 g/mol. The van der Waals surface area contributed by atoms with Crippen molar-refractivity contribution in [3.63, 3.8) is 0 Å². The number of pyridine rings is 2. The van der Waals surface area contributed by atoms with Gasteiger partial charge in [-0.3, -0.25) is 9.97 Å². The van der Waals surface area contributed by atoms with Gasteiger partial charge < -0.3 is 31.1 Å². The second-order valence-electron chi connectivity index (χ2n) is 27.1. The molecule has 0 bridgehead atoms. The number of nitrogens with one attached hydrogen (secondary N) is 1. The first-order valence-corrected chi connectivity index (χ1v) is 47.7. The molecule has 2 aromatic heterocycles. The molecule has 111 heavy (non-hydrogen) atoms. The number of fused-ring (bicyclic) bond motifs is 4. The second-order valence-corrected chi connectivity index (χ2v) is 39.5. The standard InChI is InChI=1S/2C21H27N2.2C15H10.C9H8N2.C9H7N2.C2H3N.CH2Cl2.CH4.4ClH.2Ru/c2*1-14-9-16(3)20(17(4)10-14)22-7-8-23(13-22)21-18(5)11-15(2)12-19(21)6;2*1-2-6-12(7-3-1)15-11-10-13-8-4-5-9-14(13)15;2*10-8-5-1-3-7-4-2-6-11-9(7)8;1-2-3;2-1-3;;;;;;;/h2*9-13H,7-8H2,1-6H3;2*1-9,11H;1-6H,10H2;1-6,10H;1H3;1H2;1H4;4*1H;;/q2*-1;;;;-1;;;;;;;;2*+2/p-4. The van der Waals surface area contributed by atoms with Gasteiger partial charge in [0.05, 0.1) is 28.1 Å². The van der Waals surface area contributed by atoms with Gasteiger partial charge in [0, 0.05) is 73.6 Å². The van der Waals surface area contributed by atoms with Crippen LogP contribution in [-0.4, -0.2) is 49.7 Å². The third-order valence-corrected chi connectivity index (χ3v) is 24.9. The van der Waals surface area contributed by atoms with E-state index in [4.69, 9.17) is 78.7 Å². The Hall–Kier alpha value is -8.48. The molecule has 2 saturated heterocycles.